The third-order valence-electron chi connectivity index (χ3n) is 5.00. The summed E-state index contributed by atoms with van der Waals surface area (Å²) in [5.41, 5.74) is 2.92. The summed E-state index contributed by atoms with van der Waals surface area (Å²) in [5, 5.41) is 1.58. The van der Waals surface area contributed by atoms with Gasteiger partial charge in [-0.15, -0.1) is 0 Å². The molecule has 3 aromatic rings. The Labute approximate surface area is 157 Å². The highest BCUT2D eigenvalue weighted by Crippen LogP contribution is 2.40. The average Bonchev–Trinajstić information content (AvgIpc) is 2.94. The first kappa shape index (κ1) is 17.4. The van der Waals surface area contributed by atoms with E-state index in [1.807, 2.05) is 6.07 Å². The largest absolute Gasteiger partial charge is 0.357 e. The fourth-order valence-corrected chi connectivity index (χ4v) is 4.07. The molecule has 136 valence electrons. The van der Waals surface area contributed by atoms with Crippen molar-refractivity contribution in [2.24, 2.45) is 0 Å². The monoisotopic (exact) mass is 372 g/mol. The van der Waals surface area contributed by atoms with Crippen molar-refractivity contribution in [3.8, 4) is 0 Å². The van der Waals surface area contributed by atoms with Crippen molar-refractivity contribution >= 4 is 22.5 Å². The molecule has 1 aromatic carbocycles. The van der Waals surface area contributed by atoms with Gasteiger partial charge in [0.15, 0.2) is 0 Å². The zero-order chi connectivity index (χ0) is 18.5. The van der Waals surface area contributed by atoms with Gasteiger partial charge in [-0.3, -0.25) is 9.88 Å². The number of fused-ring (bicyclic) bond motifs is 3. The highest BCUT2D eigenvalue weighted by Gasteiger charge is 2.39. The van der Waals surface area contributed by atoms with Gasteiger partial charge in [-0.25, -0.2) is 9.37 Å². The van der Waals surface area contributed by atoms with Crippen molar-refractivity contribution in [3.63, 3.8) is 0 Å². The molecule has 4 rings (SSSR count). The van der Waals surface area contributed by atoms with Crippen LogP contribution in [0, 0.1) is 0 Å². The van der Waals surface area contributed by atoms with Crippen molar-refractivity contribution in [2.45, 2.75) is 44.9 Å². The number of nitrogens with one attached hydrogen (secondary N) is 1. The quantitative estimate of drug-likeness (QED) is 0.725. The molecule has 1 aliphatic rings. The summed E-state index contributed by atoms with van der Waals surface area (Å²) in [6.45, 7) is 5.70. The van der Waals surface area contributed by atoms with Crippen molar-refractivity contribution in [3.05, 3.63) is 58.8 Å². The molecule has 4 nitrogen and oxygen atoms in total. The van der Waals surface area contributed by atoms with E-state index in [2.05, 4.69) is 45.0 Å². The average molecular weight is 373 g/mol. The Morgan fingerprint density at radius 1 is 1.27 bits per heavy atom. The first-order valence-electron chi connectivity index (χ1n) is 8.85. The van der Waals surface area contributed by atoms with E-state index in [9.17, 15) is 4.39 Å². The van der Waals surface area contributed by atoms with Gasteiger partial charge in [0.2, 0.25) is 0 Å². The summed E-state index contributed by atoms with van der Waals surface area (Å²) in [6.07, 6.45) is 4.11. The SMILES string of the molecule is C[C@@H]1Cc2c([nH]c3ccccc23)[C@@H](c2cnc(Cl)cn2)N1CC(C)(C)F. The lowest BCUT2D eigenvalue weighted by Crippen LogP contribution is -2.48. The second-order valence-electron chi connectivity index (χ2n) is 7.67. The number of halogens is 2. The smallest absolute Gasteiger partial charge is 0.147 e. The molecule has 0 saturated heterocycles. The second-order valence-corrected chi connectivity index (χ2v) is 8.06. The predicted octanol–water partition coefficient (Wildman–Crippen LogP) is 4.70. The fourth-order valence-electron chi connectivity index (χ4n) is 3.97. The summed E-state index contributed by atoms with van der Waals surface area (Å²) >= 11 is 5.93. The van der Waals surface area contributed by atoms with Crippen LogP contribution in [0.25, 0.3) is 10.9 Å². The maximum absolute atomic E-state index is 14.6. The molecule has 0 unspecified atom stereocenters. The maximum atomic E-state index is 14.6. The lowest BCUT2D eigenvalue weighted by atomic mass is 9.90. The van der Waals surface area contributed by atoms with E-state index in [0.29, 0.717) is 11.7 Å². The van der Waals surface area contributed by atoms with Gasteiger partial charge in [-0.1, -0.05) is 29.8 Å². The minimum atomic E-state index is -1.31. The van der Waals surface area contributed by atoms with Crippen LogP contribution in [-0.2, 0) is 6.42 Å². The molecule has 0 spiro atoms. The van der Waals surface area contributed by atoms with Crippen LogP contribution in [0.5, 0.6) is 0 Å². The topological polar surface area (TPSA) is 44.8 Å². The number of nitrogens with zero attached hydrogens (tertiary/aromatic N) is 3. The van der Waals surface area contributed by atoms with E-state index in [0.717, 1.165) is 23.3 Å². The van der Waals surface area contributed by atoms with Crippen LogP contribution >= 0.6 is 11.6 Å². The Morgan fingerprint density at radius 3 is 2.73 bits per heavy atom. The third-order valence-corrected chi connectivity index (χ3v) is 5.19. The molecule has 1 aliphatic heterocycles. The van der Waals surface area contributed by atoms with Gasteiger partial charge < -0.3 is 4.98 Å². The number of alkyl halides is 1. The molecule has 0 saturated carbocycles. The number of hydrogen-bond donors (Lipinski definition) is 1. The van der Waals surface area contributed by atoms with E-state index in [1.54, 1.807) is 26.2 Å². The lowest BCUT2D eigenvalue weighted by molar-refractivity contribution is 0.0653. The van der Waals surface area contributed by atoms with Gasteiger partial charge in [0.05, 0.1) is 24.1 Å². The molecule has 0 radical (unpaired) electrons. The second kappa shape index (κ2) is 6.32. The van der Waals surface area contributed by atoms with Crippen molar-refractivity contribution in [2.75, 3.05) is 6.54 Å². The predicted molar refractivity (Wildman–Crippen MR) is 102 cm³/mol. The van der Waals surface area contributed by atoms with Crippen LogP contribution in [0.2, 0.25) is 5.15 Å². The molecule has 0 amide bonds. The van der Waals surface area contributed by atoms with Crippen LogP contribution in [-0.4, -0.2) is 38.1 Å². The van der Waals surface area contributed by atoms with Crippen LogP contribution in [0.3, 0.4) is 0 Å². The van der Waals surface area contributed by atoms with E-state index < -0.39 is 5.67 Å². The summed E-state index contributed by atoms with van der Waals surface area (Å²) in [5.74, 6) is 0. The molecular formula is C20H22ClFN4. The van der Waals surface area contributed by atoms with Crippen LogP contribution in [0.1, 0.15) is 43.8 Å². The van der Waals surface area contributed by atoms with Gasteiger partial charge in [0, 0.05) is 29.2 Å². The Bertz CT molecular complexity index is 929. The van der Waals surface area contributed by atoms with E-state index in [-0.39, 0.29) is 12.1 Å². The number of aromatic nitrogens is 3. The molecule has 3 heterocycles. The molecule has 0 bridgehead atoms. The number of benzene rings is 1. The Balaban J connectivity index is 1.90. The minimum absolute atomic E-state index is 0.180. The number of para-hydroxylation sites is 1. The highest BCUT2D eigenvalue weighted by atomic mass is 35.5. The Morgan fingerprint density at radius 2 is 2.04 bits per heavy atom. The summed E-state index contributed by atoms with van der Waals surface area (Å²) < 4.78 is 14.6. The molecule has 0 fully saturated rings. The van der Waals surface area contributed by atoms with Gasteiger partial charge in [0.1, 0.15) is 10.8 Å². The maximum Gasteiger partial charge on any atom is 0.147 e. The highest BCUT2D eigenvalue weighted by molar-refractivity contribution is 6.29. The van der Waals surface area contributed by atoms with Gasteiger partial charge in [0.25, 0.3) is 0 Å². The lowest BCUT2D eigenvalue weighted by Gasteiger charge is -2.42. The van der Waals surface area contributed by atoms with Crippen LogP contribution in [0.15, 0.2) is 36.7 Å². The molecule has 2 aromatic heterocycles. The normalized spacial score (nSPS) is 21.1. The van der Waals surface area contributed by atoms with E-state index in [4.69, 9.17) is 11.6 Å². The number of aromatic amines is 1. The van der Waals surface area contributed by atoms with Crippen LogP contribution in [0.4, 0.5) is 4.39 Å². The molecule has 0 aliphatic carbocycles. The zero-order valence-electron chi connectivity index (χ0n) is 15.1. The third kappa shape index (κ3) is 3.10. The Hall–Kier alpha value is -1.98. The van der Waals surface area contributed by atoms with Gasteiger partial charge in [-0.05, 0) is 38.8 Å². The van der Waals surface area contributed by atoms with E-state index >= 15 is 0 Å². The summed E-state index contributed by atoms with van der Waals surface area (Å²) in [4.78, 5) is 14.4. The van der Waals surface area contributed by atoms with Crippen LogP contribution < -0.4 is 0 Å². The van der Waals surface area contributed by atoms with Gasteiger partial charge >= 0.3 is 0 Å². The molecule has 2 atom stereocenters. The first-order chi connectivity index (χ1) is 12.3. The van der Waals surface area contributed by atoms with Gasteiger partial charge in [-0.2, -0.15) is 0 Å². The molecule has 6 heteroatoms. The molecular weight excluding hydrogens is 351 g/mol. The van der Waals surface area contributed by atoms with Crippen molar-refractivity contribution in [1.82, 2.24) is 19.9 Å². The minimum Gasteiger partial charge on any atom is -0.357 e. The first-order valence-corrected chi connectivity index (χ1v) is 9.23. The van der Waals surface area contributed by atoms with E-state index in [1.165, 1.54) is 10.9 Å². The Kier molecular flexibility index (Phi) is 4.24. The van der Waals surface area contributed by atoms with Crippen molar-refractivity contribution in [1.29, 1.82) is 0 Å². The van der Waals surface area contributed by atoms with Crippen molar-refractivity contribution < 1.29 is 4.39 Å². The standard InChI is InChI=1S/C20H22ClFN4/c1-12-8-14-13-6-4-5-7-15(13)25-18(14)19(26(12)11-20(2,3)22)16-9-24-17(21)10-23-16/h4-7,9-10,12,19,25H,8,11H2,1-3H3/t12-,19-/m1/s1. The summed E-state index contributed by atoms with van der Waals surface area (Å²) in [6, 6.07) is 8.28. The fraction of sp³-hybridized carbons (Fsp3) is 0.400. The number of H-pyrrole nitrogens is 1. The molecule has 1 N–H and O–H groups in total. The summed E-state index contributed by atoms with van der Waals surface area (Å²) in [7, 11) is 0. The molecule has 26 heavy (non-hydrogen) atoms. The zero-order valence-corrected chi connectivity index (χ0v) is 15.9. The number of rotatable bonds is 3. The number of hydrogen-bond acceptors (Lipinski definition) is 3.